The van der Waals surface area contributed by atoms with Gasteiger partial charge in [-0.2, -0.15) is 21.9 Å². The Balaban J connectivity index is 2.77. The summed E-state index contributed by atoms with van der Waals surface area (Å²) in [6, 6.07) is 3.46. The van der Waals surface area contributed by atoms with Crippen LogP contribution in [0.25, 0.3) is 0 Å². The zero-order chi connectivity index (χ0) is 20.7. The molecule has 0 atom stereocenters. The van der Waals surface area contributed by atoms with Crippen molar-refractivity contribution in [2.45, 2.75) is 9.79 Å². The van der Waals surface area contributed by atoms with Gasteiger partial charge in [-0.15, -0.1) is 4.91 Å². The van der Waals surface area contributed by atoms with Gasteiger partial charge in [-0.3, -0.25) is 9.11 Å². The van der Waals surface area contributed by atoms with Gasteiger partial charge in [0.1, 0.15) is 17.1 Å². The van der Waals surface area contributed by atoms with Crippen molar-refractivity contribution >= 4 is 85.1 Å². The zero-order valence-corrected chi connectivity index (χ0v) is 18.9. The molecule has 0 spiro atoms. The molecule has 0 bridgehead atoms. The van der Waals surface area contributed by atoms with Gasteiger partial charge in [0, 0.05) is 8.95 Å². The van der Waals surface area contributed by atoms with E-state index in [-0.39, 0.29) is 24.2 Å². The highest BCUT2D eigenvalue weighted by Crippen LogP contribution is 2.45. The van der Waals surface area contributed by atoms with E-state index in [0.717, 1.165) is 24.3 Å². The molecule has 0 aliphatic heterocycles. The van der Waals surface area contributed by atoms with E-state index in [4.69, 9.17) is 4.55 Å². The molecule has 0 aromatic heterocycles. The Bertz CT molecular complexity index is 1130. The quantitative estimate of drug-likeness (QED) is 0.287. The van der Waals surface area contributed by atoms with Gasteiger partial charge in [-0.25, -0.2) is 0 Å². The number of hydrogen-bond acceptors (Lipinski definition) is 7. The van der Waals surface area contributed by atoms with Crippen LogP contribution in [-0.2, 0) is 25.4 Å². The van der Waals surface area contributed by atoms with Crippen molar-refractivity contribution in [1.82, 2.24) is 0 Å². The third-order valence-electron chi connectivity index (χ3n) is 3.12. The summed E-state index contributed by atoms with van der Waals surface area (Å²) in [7, 11) is -9.28. The van der Waals surface area contributed by atoms with Gasteiger partial charge >= 0.3 is 0 Å². The van der Waals surface area contributed by atoms with Crippen LogP contribution < -0.4 is 5.06 Å². The Morgan fingerprint density at radius 1 is 0.815 bits per heavy atom. The predicted octanol–water partition coefficient (Wildman–Crippen LogP) is 4.35. The van der Waals surface area contributed by atoms with Crippen molar-refractivity contribution in [3.63, 3.8) is 0 Å². The molecule has 1 radical (unpaired) electrons. The third kappa shape index (κ3) is 4.73. The fraction of sp³-hybridized carbons (Fsp3) is 0. The molecule has 27 heavy (non-hydrogen) atoms. The maximum absolute atomic E-state index is 12.8. The first-order chi connectivity index (χ1) is 12.3. The van der Waals surface area contributed by atoms with Gasteiger partial charge in [-0.05, 0) is 77.2 Å². The average Bonchev–Trinajstić information content (AvgIpc) is 2.51. The van der Waals surface area contributed by atoms with E-state index in [2.05, 4.69) is 53.0 Å². The van der Waals surface area contributed by atoms with Crippen LogP contribution in [0, 0.1) is 4.91 Å². The first-order valence-electron chi connectivity index (χ1n) is 6.35. The number of anilines is 2. The molecule has 0 unspecified atom stereocenters. The highest BCUT2D eigenvalue weighted by Gasteiger charge is 2.26. The van der Waals surface area contributed by atoms with E-state index in [1.54, 1.807) is 0 Å². The molecular formula is C12H6Br3N2O8S2. The summed E-state index contributed by atoms with van der Waals surface area (Å²) >= 11 is 8.85. The lowest BCUT2D eigenvalue weighted by Gasteiger charge is -2.20. The fourth-order valence-corrected chi connectivity index (χ4v) is 5.51. The second-order valence-corrected chi connectivity index (χ2v) is 10.3. The van der Waals surface area contributed by atoms with Crippen molar-refractivity contribution < 1.29 is 31.1 Å². The minimum absolute atomic E-state index is 0.0954. The predicted molar refractivity (Wildman–Crippen MR) is 104 cm³/mol. The van der Waals surface area contributed by atoms with Gasteiger partial charge in [0.15, 0.2) is 0 Å². The van der Waals surface area contributed by atoms with Crippen molar-refractivity contribution in [3.8, 4) is 0 Å². The molecule has 0 fully saturated rings. The molecule has 0 aliphatic carbocycles. The molecule has 0 saturated carbocycles. The summed E-state index contributed by atoms with van der Waals surface area (Å²) in [4.78, 5) is 9.90. The molecule has 145 valence electrons. The third-order valence-corrected chi connectivity index (χ3v) is 6.59. The minimum Gasteiger partial charge on any atom is -0.282 e. The molecule has 10 nitrogen and oxygen atoms in total. The lowest BCUT2D eigenvalue weighted by molar-refractivity contribution is 0.195. The van der Waals surface area contributed by atoms with Crippen LogP contribution in [0.3, 0.4) is 0 Å². The van der Waals surface area contributed by atoms with Gasteiger partial charge < -0.3 is 0 Å². The highest BCUT2D eigenvalue weighted by atomic mass is 79.9. The van der Waals surface area contributed by atoms with Gasteiger partial charge in [0.05, 0.1) is 14.3 Å². The monoisotopic (exact) mass is 607 g/mol. The molecule has 2 N–H and O–H groups in total. The molecular weight excluding hydrogens is 604 g/mol. The Morgan fingerprint density at radius 2 is 1.22 bits per heavy atom. The molecule has 0 amide bonds. The van der Waals surface area contributed by atoms with Crippen LogP contribution in [0.4, 0.5) is 17.1 Å². The summed E-state index contributed by atoms with van der Waals surface area (Å²) in [6.07, 6.45) is 0. The van der Waals surface area contributed by atoms with Crippen molar-refractivity contribution in [3.05, 3.63) is 42.6 Å². The standard InChI is InChI=1S/C12H6Br3N2O8S2/c13-7-1-6(27(23,24)25)4-10(11(7)16-18)17(19)12-8(14)2-5(3-9(12)15)26(20,21)22/h1-4H,(H,20,21,22)(H,23,24,25). The Morgan fingerprint density at radius 3 is 1.63 bits per heavy atom. The number of hydrogen-bond donors (Lipinski definition) is 2. The SMILES string of the molecule is [O]N(c1cc(S(=O)(=O)O)cc(Br)c1N=O)c1c(Br)cc(S(=O)(=O)O)cc1Br. The highest BCUT2D eigenvalue weighted by molar-refractivity contribution is 9.11. The summed E-state index contributed by atoms with van der Waals surface area (Å²) < 4.78 is 63.2. The van der Waals surface area contributed by atoms with Crippen LogP contribution in [0.2, 0.25) is 0 Å². The molecule has 0 saturated heterocycles. The van der Waals surface area contributed by atoms with Gasteiger partial charge in [0.2, 0.25) is 0 Å². The van der Waals surface area contributed by atoms with Gasteiger partial charge in [0.25, 0.3) is 20.2 Å². The molecule has 2 aromatic rings. The second kappa shape index (κ2) is 7.82. The zero-order valence-electron chi connectivity index (χ0n) is 12.5. The number of nitroso groups, excluding NO2 is 1. The lowest BCUT2D eigenvalue weighted by atomic mass is 10.2. The first-order valence-corrected chi connectivity index (χ1v) is 11.6. The maximum atomic E-state index is 12.8. The number of benzene rings is 2. The summed E-state index contributed by atoms with van der Waals surface area (Å²) in [5.74, 6) is 0. The Labute approximate surface area is 178 Å². The van der Waals surface area contributed by atoms with E-state index in [1.165, 1.54) is 0 Å². The smallest absolute Gasteiger partial charge is 0.282 e. The van der Waals surface area contributed by atoms with Crippen LogP contribution >= 0.6 is 47.8 Å². The molecule has 0 aliphatic rings. The molecule has 15 heteroatoms. The van der Waals surface area contributed by atoms with Gasteiger partial charge in [-0.1, -0.05) is 5.21 Å². The Kier molecular flexibility index (Phi) is 6.48. The second-order valence-electron chi connectivity index (χ2n) is 4.84. The van der Waals surface area contributed by atoms with Crippen molar-refractivity contribution in [2.24, 2.45) is 5.18 Å². The van der Waals surface area contributed by atoms with Crippen molar-refractivity contribution in [1.29, 1.82) is 0 Å². The maximum Gasteiger partial charge on any atom is 0.294 e. The van der Waals surface area contributed by atoms with Crippen LogP contribution in [0.5, 0.6) is 0 Å². The Hall–Kier alpha value is -0.940. The van der Waals surface area contributed by atoms with E-state index >= 15 is 0 Å². The van der Waals surface area contributed by atoms with Crippen LogP contribution in [0.1, 0.15) is 0 Å². The largest absolute Gasteiger partial charge is 0.294 e. The number of nitrogens with zero attached hydrogens (tertiary/aromatic N) is 2. The summed E-state index contributed by atoms with van der Waals surface area (Å²) in [6.45, 7) is 0. The number of halogens is 3. The summed E-state index contributed by atoms with van der Waals surface area (Å²) in [5.41, 5.74) is -1.27. The van der Waals surface area contributed by atoms with E-state index in [1.807, 2.05) is 0 Å². The van der Waals surface area contributed by atoms with Crippen LogP contribution in [-0.4, -0.2) is 25.9 Å². The fourth-order valence-electron chi connectivity index (χ4n) is 1.96. The van der Waals surface area contributed by atoms with E-state index in [9.17, 15) is 31.5 Å². The molecule has 2 rings (SSSR count). The van der Waals surface area contributed by atoms with Crippen LogP contribution in [0.15, 0.2) is 52.7 Å². The van der Waals surface area contributed by atoms with Crippen molar-refractivity contribution in [2.75, 3.05) is 5.06 Å². The van der Waals surface area contributed by atoms with E-state index in [0.29, 0.717) is 0 Å². The lowest BCUT2D eigenvalue weighted by Crippen LogP contribution is -2.12. The molecule has 2 aromatic carbocycles. The average molecular weight is 610 g/mol. The molecule has 0 heterocycles. The van der Waals surface area contributed by atoms with E-state index < -0.39 is 41.4 Å². The summed E-state index contributed by atoms with van der Waals surface area (Å²) in [5, 5.41) is 15.6. The topological polar surface area (TPSA) is 161 Å². The number of rotatable bonds is 5. The first kappa shape index (κ1) is 22.4. The minimum atomic E-state index is -4.71. The normalized spacial score (nSPS) is 12.1.